The summed E-state index contributed by atoms with van der Waals surface area (Å²) in [7, 11) is -6.35. The van der Waals surface area contributed by atoms with Crippen molar-refractivity contribution in [2.45, 2.75) is 67.0 Å². The summed E-state index contributed by atoms with van der Waals surface area (Å²) in [5, 5.41) is 4.04. The number of hydrogen-bond acceptors (Lipinski definition) is 3. The van der Waals surface area contributed by atoms with Crippen LogP contribution in [0.5, 0.6) is 0 Å². The number of alkyl halides is 7. The molecule has 4 aliphatic rings. The Morgan fingerprint density at radius 3 is 1.80 bits per heavy atom. The summed E-state index contributed by atoms with van der Waals surface area (Å²) in [6, 6.07) is 0. The summed E-state index contributed by atoms with van der Waals surface area (Å²) in [6.45, 7) is 0. The minimum Gasteiger partial charge on any atom is -0.390 e. The van der Waals surface area contributed by atoms with Crippen LogP contribution in [0.4, 0.5) is 30.7 Å². The fourth-order valence-corrected chi connectivity index (χ4v) is 6.41. The normalized spacial score (nSPS) is 39.0. The van der Waals surface area contributed by atoms with E-state index < -0.39 is 38.5 Å². The van der Waals surface area contributed by atoms with Gasteiger partial charge in [0.05, 0.1) is 5.60 Å². The molecule has 4 nitrogen and oxygen atoms in total. The van der Waals surface area contributed by atoms with Crippen molar-refractivity contribution in [1.82, 2.24) is 4.72 Å². The molecule has 4 rings (SSSR count). The second-order valence-electron chi connectivity index (χ2n) is 7.66. The van der Waals surface area contributed by atoms with Crippen LogP contribution in [0.3, 0.4) is 0 Å². The van der Waals surface area contributed by atoms with Crippen molar-refractivity contribution in [3.63, 3.8) is 0 Å². The first-order valence-corrected chi connectivity index (χ1v) is 9.09. The van der Waals surface area contributed by atoms with Crippen LogP contribution in [0, 0.1) is 11.8 Å². The largest absolute Gasteiger partial charge is 0.461 e. The van der Waals surface area contributed by atoms with Crippen molar-refractivity contribution in [1.29, 1.82) is 0 Å². The molecule has 0 amide bonds. The lowest BCUT2D eigenvalue weighted by Crippen LogP contribution is -2.68. The molecule has 2 N–H and O–H groups in total. The first-order valence-electron chi connectivity index (χ1n) is 7.61. The summed E-state index contributed by atoms with van der Waals surface area (Å²) >= 11 is 0. The lowest BCUT2D eigenvalue weighted by molar-refractivity contribution is -0.332. The van der Waals surface area contributed by atoms with Crippen molar-refractivity contribution >= 4 is 10.0 Å². The first-order chi connectivity index (χ1) is 11.0. The van der Waals surface area contributed by atoms with Crippen LogP contribution in [-0.4, -0.2) is 42.0 Å². The standard InChI is InChI=1S/C13H16F7NO3S/c14-11(15,12(16,17)18)13(19,20)25(23,24)21-9-2-7-1-8(3-9)5-10(22,4-7)6-9/h7-8,21-22H,1-6H2. The zero-order valence-electron chi connectivity index (χ0n) is 12.7. The van der Waals surface area contributed by atoms with Crippen molar-refractivity contribution in [2.24, 2.45) is 11.8 Å². The molecule has 0 aromatic rings. The Kier molecular flexibility index (Phi) is 3.83. The predicted molar refractivity (Wildman–Crippen MR) is 70.4 cm³/mol. The average molecular weight is 399 g/mol. The highest BCUT2D eigenvalue weighted by Crippen LogP contribution is 2.58. The van der Waals surface area contributed by atoms with Crippen LogP contribution < -0.4 is 4.72 Å². The van der Waals surface area contributed by atoms with E-state index in [9.17, 15) is 44.3 Å². The predicted octanol–water partition coefficient (Wildman–Crippen LogP) is 2.78. The van der Waals surface area contributed by atoms with Crippen molar-refractivity contribution in [3.05, 3.63) is 0 Å². The lowest BCUT2D eigenvalue weighted by Gasteiger charge is -2.60. The number of hydrogen-bond donors (Lipinski definition) is 2. The monoisotopic (exact) mass is 399 g/mol. The highest BCUT2D eigenvalue weighted by molar-refractivity contribution is 7.90. The van der Waals surface area contributed by atoms with Gasteiger partial charge in [-0.05, 0) is 50.4 Å². The van der Waals surface area contributed by atoms with Crippen LogP contribution in [0.15, 0.2) is 0 Å². The molecule has 25 heavy (non-hydrogen) atoms. The smallest absolute Gasteiger partial charge is 0.390 e. The van der Waals surface area contributed by atoms with Gasteiger partial charge in [0.15, 0.2) is 0 Å². The molecule has 146 valence electrons. The number of nitrogens with one attached hydrogen (secondary N) is 1. The number of rotatable bonds is 4. The first kappa shape index (κ1) is 19.2. The Balaban J connectivity index is 1.92. The zero-order chi connectivity index (χ0) is 19.1. The maximum Gasteiger partial charge on any atom is 0.461 e. The third-order valence-electron chi connectivity index (χ3n) is 5.44. The van der Waals surface area contributed by atoms with E-state index in [1.54, 1.807) is 0 Å². The van der Waals surface area contributed by atoms with Gasteiger partial charge in [-0.1, -0.05) is 0 Å². The minimum atomic E-state index is -6.75. The van der Waals surface area contributed by atoms with Crippen LogP contribution in [-0.2, 0) is 10.0 Å². The van der Waals surface area contributed by atoms with Crippen molar-refractivity contribution in [3.8, 4) is 0 Å². The van der Waals surface area contributed by atoms with Gasteiger partial charge in [0, 0.05) is 5.54 Å². The molecule has 0 aromatic heterocycles. The summed E-state index contributed by atoms with van der Waals surface area (Å²) < 4.78 is 115. The molecule has 0 saturated heterocycles. The third-order valence-corrected chi connectivity index (χ3v) is 7.07. The number of halogens is 7. The molecule has 4 fully saturated rings. The summed E-state index contributed by atoms with van der Waals surface area (Å²) in [4.78, 5) is 0. The molecule has 0 spiro atoms. The van der Waals surface area contributed by atoms with E-state index in [1.807, 2.05) is 0 Å². The van der Waals surface area contributed by atoms with Crippen molar-refractivity contribution < 1.29 is 44.3 Å². The minimum absolute atomic E-state index is 0.0265. The number of aliphatic hydroxyl groups is 1. The molecule has 0 aromatic carbocycles. The fraction of sp³-hybridized carbons (Fsp3) is 1.00. The van der Waals surface area contributed by atoms with Crippen LogP contribution >= 0.6 is 0 Å². The zero-order valence-corrected chi connectivity index (χ0v) is 13.5. The summed E-state index contributed by atoms with van der Waals surface area (Å²) in [6.07, 6.45) is -5.65. The van der Waals surface area contributed by atoms with Gasteiger partial charge in [0.2, 0.25) is 0 Å². The van der Waals surface area contributed by atoms with Gasteiger partial charge in [0.1, 0.15) is 0 Å². The molecule has 4 saturated carbocycles. The molecule has 0 aliphatic heterocycles. The highest BCUT2D eigenvalue weighted by Gasteiger charge is 2.79. The second-order valence-corrected chi connectivity index (χ2v) is 9.38. The van der Waals surface area contributed by atoms with Gasteiger partial charge >= 0.3 is 17.4 Å². The maximum absolute atomic E-state index is 13.7. The van der Waals surface area contributed by atoms with E-state index >= 15 is 0 Å². The SMILES string of the molecule is O=S(=O)(NC12CC3CC(CC(O)(C3)C1)C2)C(F)(F)C(F)(F)C(F)(F)F. The summed E-state index contributed by atoms with van der Waals surface area (Å²) in [5.74, 6) is -7.12. The Labute approximate surface area is 138 Å². The van der Waals surface area contributed by atoms with Crippen LogP contribution in [0.2, 0.25) is 0 Å². The molecule has 0 radical (unpaired) electrons. The Morgan fingerprint density at radius 1 is 0.920 bits per heavy atom. The Morgan fingerprint density at radius 2 is 1.40 bits per heavy atom. The fourth-order valence-electron chi connectivity index (χ4n) is 5.02. The second kappa shape index (κ2) is 5.00. The molecule has 2 atom stereocenters. The van der Waals surface area contributed by atoms with Gasteiger partial charge in [-0.2, -0.15) is 30.7 Å². The summed E-state index contributed by atoms with van der Waals surface area (Å²) in [5.41, 5.74) is -2.93. The quantitative estimate of drug-likeness (QED) is 0.715. The number of sulfonamides is 1. The van der Waals surface area contributed by atoms with Gasteiger partial charge < -0.3 is 5.11 Å². The van der Waals surface area contributed by atoms with Gasteiger partial charge in [0.25, 0.3) is 10.0 Å². The molecule has 4 bridgehead atoms. The molecule has 12 heteroatoms. The van der Waals surface area contributed by atoms with Crippen molar-refractivity contribution in [2.75, 3.05) is 0 Å². The van der Waals surface area contributed by atoms with E-state index in [0.29, 0.717) is 19.3 Å². The molecular formula is C13H16F7NO3S. The molecular weight excluding hydrogens is 383 g/mol. The van der Waals surface area contributed by atoms with Gasteiger partial charge in [-0.3, -0.25) is 0 Å². The van der Waals surface area contributed by atoms with E-state index in [2.05, 4.69) is 0 Å². The molecule has 4 aliphatic carbocycles. The Hall–Kier alpha value is -0.620. The average Bonchev–Trinajstić information content (AvgIpc) is 2.31. The van der Waals surface area contributed by atoms with Crippen LogP contribution in [0.1, 0.15) is 38.5 Å². The highest BCUT2D eigenvalue weighted by atomic mass is 32.2. The van der Waals surface area contributed by atoms with Gasteiger partial charge in [-0.25, -0.2) is 13.1 Å². The third kappa shape index (κ3) is 2.75. The van der Waals surface area contributed by atoms with E-state index in [0.717, 1.165) is 0 Å². The van der Waals surface area contributed by atoms with E-state index in [4.69, 9.17) is 0 Å². The maximum atomic E-state index is 13.7. The molecule has 2 unspecified atom stereocenters. The van der Waals surface area contributed by atoms with Gasteiger partial charge in [-0.15, -0.1) is 0 Å². The van der Waals surface area contributed by atoms with E-state index in [-0.39, 0.29) is 31.1 Å². The topological polar surface area (TPSA) is 66.4 Å². The van der Waals surface area contributed by atoms with Crippen LogP contribution in [0.25, 0.3) is 0 Å². The lowest BCUT2D eigenvalue weighted by atomic mass is 9.51. The molecule has 0 heterocycles. The van der Waals surface area contributed by atoms with E-state index in [1.165, 1.54) is 4.72 Å². The Bertz CT molecular complexity index is 662.